The highest BCUT2D eigenvalue weighted by atomic mass is 32.2. The lowest BCUT2D eigenvalue weighted by Crippen LogP contribution is -2.15. The van der Waals surface area contributed by atoms with E-state index >= 15 is 0 Å². The number of ether oxygens (including phenoxy) is 3. The maximum absolute atomic E-state index is 12.5. The van der Waals surface area contributed by atoms with Gasteiger partial charge in [0.2, 0.25) is 5.91 Å². The first-order chi connectivity index (χ1) is 16.7. The van der Waals surface area contributed by atoms with Crippen LogP contribution in [0, 0.1) is 0 Å². The average Bonchev–Trinajstić information content (AvgIpc) is 3.52. The molecule has 4 rings (SSSR count). The van der Waals surface area contributed by atoms with Crippen LogP contribution in [0.1, 0.15) is 11.6 Å². The number of rotatable bonds is 11. The van der Waals surface area contributed by atoms with E-state index in [0.29, 0.717) is 34.7 Å². The first-order valence-electron chi connectivity index (χ1n) is 10.4. The topological polar surface area (TPSA) is 101 Å². The Morgan fingerprint density at radius 3 is 2.50 bits per heavy atom. The van der Waals surface area contributed by atoms with E-state index in [1.807, 2.05) is 41.0 Å². The maximum Gasteiger partial charge on any atom is 0.234 e. The van der Waals surface area contributed by atoms with Gasteiger partial charge >= 0.3 is 0 Å². The number of para-hydroxylation sites is 2. The number of furan rings is 1. The first-order valence-corrected chi connectivity index (χ1v) is 11.4. The van der Waals surface area contributed by atoms with E-state index in [0.717, 1.165) is 11.5 Å². The van der Waals surface area contributed by atoms with Crippen LogP contribution in [-0.2, 0) is 17.9 Å². The zero-order chi connectivity index (χ0) is 23.8. The zero-order valence-corrected chi connectivity index (χ0v) is 19.6. The largest absolute Gasteiger partial charge is 0.497 e. The van der Waals surface area contributed by atoms with Crippen molar-refractivity contribution in [2.24, 2.45) is 0 Å². The highest BCUT2D eigenvalue weighted by molar-refractivity contribution is 7.99. The van der Waals surface area contributed by atoms with Gasteiger partial charge in [-0.3, -0.25) is 9.36 Å². The highest BCUT2D eigenvalue weighted by Crippen LogP contribution is 2.27. The van der Waals surface area contributed by atoms with Gasteiger partial charge in [-0.2, -0.15) is 0 Å². The minimum absolute atomic E-state index is 0.158. The summed E-state index contributed by atoms with van der Waals surface area (Å²) in [4.78, 5) is 12.5. The van der Waals surface area contributed by atoms with Gasteiger partial charge in [-0.05, 0) is 48.5 Å². The van der Waals surface area contributed by atoms with Gasteiger partial charge in [-0.1, -0.05) is 23.9 Å². The molecule has 0 atom stereocenters. The molecule has 0 aliphatic rings. The van der Waals surface area contributed by atoms with Crippen molar-refractivity contribution in [3.8, 4) is 17.2 Å². The second kappa shape index (κ2) is 11.3. The normalized spacial score (nSPS) is 10.6. The quantitative estimate of drug-likeness (QED) is 0.318. The molecule has 9 nitrogen and oxygen atoms in total. The van der Waals surface area contributed by atoms with Crippen LogP contribution in [0.3, 0.4) is 0 Å². The van der Waals surface area contributed by atoms with Crippen molar-refractivity contribution in [3.05, 3.63) is 78.5 Å². The Labute approximate surface area is 201 Å². The molecule has 0 bridgehead atoms. The Kier molecular flexibility index (Phi) is 7.71. The lowest BCUT2D eigenvalue weighted by atomic mass is 10.3. The fourth-order valence-electron chi connectivity index (χ4n) is 3.13. The van der Waals surface area contributed by atoms with Crippen LogP contribution in [0.4, 0.5) is 5.69 Å². The van der Waals surface area contributed by atoms with E-state index < -0.39 is 0 Å². The second-order valence-electron chi connectivity index (χ2n) is 7.07. The van der Waals surface area contributed by atoms with E-state index in [1.54, 1.807) is 44.7 Å². The molecule has 0 radical (unpaired) electrons. The van der Waals surface area contributed by atoms with Gasteiger partial charge in [0.1, 0.15) is 18.1 Å². The molecule has 2 aromatic carbocycles. The Morgan fingerprint density at radius 1 is 1.00 bits per heavy atom. The van der Waals surface area contributed by atoms with E-state index in [9.17, 15) is 4.79 Å². The van der Waals surface area contributed by atoms with Crippen LogP contribution in [0.25, 0.3) is 0 Å². The van der Waals surface area contributed by atoms with Gasteiger partial charge in [-0.15, -0.1) is 10.2 Å². The van der Waals surface area contributed by atoms with Crippen LogP contribution in [-0.4, -0.2) is 40.6 Å². The fraction of sp³-hybridized carbons (Fsp3) is 0.208. The molecule has 4 aromatic rings. The lowest BCUT2D eigenvalue weighted by molar-refractivity contribution is -0.113. The maximum atomic E-state index is 12.5. The number of carbonyl (C=O) groups is 1. The molecule has 0 saturated heterocycles. The van der Waals surface area contributed by atoms with Gasteiger partial charge in [0.05, 0.1) is 32.8 Å². The van der Waals surface area contributed by atoms with E-state index in [1.165, 1.54) is 11.8 Å². The Morgan fingerprint density at radius 2 is 1.79 bits per heavy atom. The van der Waals surface area contributed by atoms with Crippen molar-refractivity contribution in [1.82, 2.24) is 14.8 Å². The van der Waals surface area contributed by atoms with Crippen LogP contribution >= 0.6 is 11.8 Å². The van der Waals surface area contributed by atoms with Crippen molar-refractivity contribution in [2.75, 3.05) is 25.3 Å². The average molecular weight is 481 g/mol. The van der Waals surface area contributed by atoms with Gasteiger partial charge in [0.25, 0.3) is 0 Å². The number of nitrogens with zero attached hydrogens (tertiary/aromatic N) is 3. The number of anilines is 1. The number of methoxy groups -OCH3 is 2. The standard InChI is InChI=1S/C24H24N4O5S/c1-30-18-11-9-17(10-12-18)25-23(29)16-34-24-27-26-22(28(24)14-19-6-5-13-32-19)15-33-21-8-4-3-7-20(21)31-2/h3-13H,14-16H2,1-2H3,(H,25,29). The van der Waals surface area contributed by atoms with Gasteiger partial charge in [0.15, 0.2) is 22.5 Å². The number of aromatic nitrogens is 3. The first kappa shape index (κ1) is 23.2. The van der Waals surface area contributed by atoms with Crippen molar-refractivity contribution in [1.29, 1.82) is 0 Å². The Hall–Kier alpha value is -3.92. The van der Waals surface area contributed by atoms with Crippen molar-refractivity contribution < 1.29 is 23.4 Å². The summed E-state index contributed by atoms with van der Waals surface area (Å²) in [6.07, 6.45) is 1.61. The summed E-state index contributed by atoms with van der Waals surface area (Å²) in [5, 5.41) is 12.0. The van der Waals surface area contributed by atoms with Crippen LogP contribution in [0.5, 0.6) is 17.2 Å². The van der Waals surface area contributed by atoms with E-state index in [2.05, 4.69) is 15.5 Å². The van der Waals surface area contributed by atoms with Crippen molar-refractivity contribution in [2.45, 2.75) is 18.3 Å². The smallest absolute Gasteiger partial charge is 0.234 e. The third kappa shape index (κ3) is 5.90. The van der Waals surface area contributed by atoms with E-state index in [-0.39, 0.29) is 18.3 Å². The molecular formula is C24H24N4O5S. The second-order valence-corrected chi connectivity index (χ2v) is 8.01. The van der Waals surface area contributed by atoms with Crippen LogP contribution in [0.15, 0.2) is 76.5 Å². The van der Waals surface area contributed by atoms with E-state index in [4.69, 9.17) is 18.6 Å². The summed E-state index contributed by atoms with van der Waals surface area (Å²) in [5.41, 5.74) is 0.689. The van der Waals surface area contributed by atoms with Gasteiger partial charge in [-0.25, -0.2) is 0 Å². The molecular weight excluding hydrogens is 456 g/mol. The van der Waals surface area contributed by atoms with Crippen LogP contribution in [0.2, 0.25) is 0 Å². The van der Waals surface area contributed by atoms with Crippen molar-refractivity contribution >= 4 is 23.4 Å². The minimum Gasteiger partial charge on any atom is -0.497 e. The predicted octanol–water partition coefficient (Wildman–Crippen LogP) is 4.25. The Balaban J connectivity index is 1.44. The van der Waals surface area contributed by atoms with Gasteiger partial charge in [0, 0.05) is 5.69 Å². The molecule has 0 saturated carbocycles. The molecule has 10 heteroatoms. The molecule has 2 heterocycles. The predicted molar refractivity (Wildman–Crippen MR) is 128 cm³/mol. The number of benzene rings is 2. The number of amides is 1. The number of nitrogens with one attached hydrogen (secondary N) is 1. The number of thioether (sulfide) groups is 1. The lowest BCUT2D eigenvalue weighted by Gasteiger charge is -2.12. The zero-order valence-electron chi connectivity index (χ0n) is 18.8. The number of hydrogen-bond acceptors (Lipinski definition) is 8. The highest BCUT2D eigenvalue weighted by Gasteiger charge is 2.17. The fourth-order valence-corrected chi connectivity index (χ4v) is 3.89. The van der Waals surface area contributed by atoms with Gasteiger partial charge < -0.3 is 23.9 Å². The molecule has 0 aliphatic carbocycles. The summed E-state index contributed by atoms with van der Waals surface area (Å²) in [6, 6.07) is 18.2. The minimum atomic E-state index is -0.158. The van der Waals surface area contributed by atoms with Crippen LogP contribution < -0.4 is 19.5 Å². The summed E-state index contributed by atoms with van der Waals surface area (Å²) in [7, 11) is 3.19. The molecule has 34 heavy (non-hydrogen) atoms. The summed E-state index contributed by atoms with van der Waals surface area (Å²) < 4.78 is 23.8. The molecule has 0 spiro atoms. The molecule has 0 aliphatic heterocycles. The number of carbonyl (C=O) groups excluding carboxylic acids is 1. The summed E-state index contributed by atoms with van der Waals surface area (Å²) in [5.74, 6) is 3.30. The molecule has 0 fully saturated rings. The SMILES string of the molecule is COc1ccc(NC(=O)CSc2nnc(COc3ccccc3OC)n2Cc2ccco2)cc1. The molecule has 1 N–H and O–H groups in total. The molecule has 2 aromatic heterocycles. The molecule has 0 unspecified atom stereocenters. The number of hydrogen-bond donors (Lipinski definition) is 1. The molecule has 176 valence electrons. The third-order valence-electron chi connectivity index (χ3n) is 4.82. The van der Waals surface area contributed by atoms with Crippen molar-refractivity contribution in [3.63, 3.8) is 0 Å². The molecule has 1 amide bonds. The Bertz CT molecular complexity index is 1210. The summed E-state index contributed by atoms with van der Waals surface area (Å²) >= 11 is 1.28. The third-order valence-corrected chi connectivity index (χ3v) is 5.79. The monoisotopic (exact) mass is 480 g/mol. The summed E-state index contributed by atoms with van der Waals surface area (Å²) in [6.45, 7) is 0.583.